The van der Waals surface area contributed by atoms with Crippen LogP contribution in [0.5, 0.6) is 23.1 Å². The molecule has 35 heavy (non-hydrogen) atoms. The molecule has 0 radical (unpaired) electrons. The predicted octanol–water partition coefficient (Wildman–Crippen LogP) is 5.28. The molecule has 8 nitrogen and oxygen atoms in total. The zero-order chi connectivity index (χ0) is 24.9. The fraction of sp³-hybridized carbons (Fsp3) is 0.0800. The van der Waals surface area contributed by atoms with E-state index in [1.54, 1.807) is 19.2 Å². The van der Waals surface area contributed by atoms with E-state index in [-0.39, 0.29) is 17.3 Å². The van der Waals surface area contributed by atoms with Crippen LogP contribution >= 0.6 is 0 Å². The van der Waals surface area contributed by atoms with Gasteiger partial charge < -0.3 is 19.5 Å². The van der Waals surface area contributed by atoms with Crippen LogP contribution in [0.3, 0.4) is 0 Å². The van der Waals surface area contributed by atoms with Crippen LogP contribution in [0, 0.1) is 11.6 Å². The first kappa shape index (κ1) is 23.4. The number of imide groups is 1. The SMILES string of the molecule is COc1cc(NC(=O)NC(=O)c2c(F)cccc2F)cnc1Oc1ccc(OC)c2ccccc12. The number of carbonyl (C=O) groups excluding carboxylic acids is 2. The number of anilines is 1. The van der Waals surface area contributed by atoms with Crippen molar-refractivity contribution in [2.75, 3.05) is 19.5 Å². The third kappa shape index (κ3) is 4.96. The summed E-state index contributed by atoms with van der Waals surface area (Å²) in [6, 6.07) is 14.3. The Bertz CT molecular complexity index is 1410. The fourth-order valence-electron chi connectivity index (χ4n) is 3.38. The number of rotatable bonds is 6. The van der Waals surface area contributed by atoms with Gasteiger partial charge in [-0.25, -0.2) is 18.6 Å². The zero-order valence-corrected chi connectivity index (χ0v) is 18.6. The van der Waals surface area contributed by atoms with Gasteiger partial charge in [-0.15, -0.1) is 0 Å². The molecule has 0 atom stereocenters. The van der Waals surface area contributed by atoms with E-state index in [4.69, 9.17) is 14.2 Å². The Morgan fingerprint density at radius 1 is 0.829 bits per heavy atom. The van der Waals surface area contributed by atoms with Crippen molar-refractivity contribution in [3.05, 3.63) is 84.1 Å². The number of methoxy groups -OCH3 is 2. The lowest BCUT2D eigenvalue weighted by Gasteiger charge is -2.14. The lowest BCUT2D eigenvalue weighted by atomic mass is 10.1. The number of carbonyl (C=O) groups is 2. The van der Waals surface area contributed by atoms with Gasteiger partial charge in [-0.1, -0.05) is 30.3 Å². The second-order valence-electron chi connectivity index (χ2n) is 7.15. The number of ether oxygens (including phenoxy) is 3. The molecule has 0 aliphatic heterocycles. The summed E-state index contributed by atoms with van der Waals surface area (Å²) in [5.41, 5.74) is -0.720. The summed E-state index contributed by atoms with van der Waals surface area (Å²) in [6.45, 7) is 0. The van der Waals surface area contributed by atoms with E-state index in [1.807, 2.05) is 29.6 Å². The largest absolute Gasteiger partial charge is 0.496 e. The van der Waals surface area contributed by atoms with Gasteiger partial charge in [0.05, 0.1) is 26.1 Å². The van der Waals surface area contributed by atoms with Gasteiger partial charge in [0.15, 0.2) is 5.75 Å². The highest BCUT2D eigenvalue weighted by atomic mass is 19.1. The molecular formula is C25H19F2N3O5. The number of nitrogens with zero attached hydrogens (tertiary/aromatic N) is 1. The van der Waals surface area contributed by atoms with Crippen molar-refractivity contribution in [2.24, 2.45) is 0 Å². The normalized spacial score (nSPS) is 10.5. The molecule has 0 aliphatic carbocycles. The minimum atomic E-state index is -1.23. The van der Waals surface area contributed by atoms with E-state index in [0.29, 0.717) is 11.5 Å². The van der Waals surface area contributed by atoms with E-state index >= 15 is 0 Å². The third-order valence-electron chi connectivity index (χ3n) is 4.98. The van der Waals surface area contributed by atoms with Crippen LogP contribution in [0.2, 0.25) is 0 Å². The van der Waals surface area contributed by atoms with Crippen LogP contribution in [0.15, 0.2) is 66.9 Å². The summed E-state index contributed by atoms with van der Waals surface area (Å²) in [5, 5.41) is 5.86. The van der Waals surface area contributed by atoms with Crippen molar-refractivity contribution in [1.82, 2.24) is 10.3 Å². The maximum absolute atomic E-state index is 13.8. The molecule has 3 amide bonds. The molecule has 10 heteroatoms. The lowest BCUT2D eigenvalue weighted by molar-refractivity contribution is 0.0959. The van der Waals surface area contributed by atoms with Crippen molar-refractivity contribution in [2.45, 2.75) is 0 Å². The Morgan fingerprint density at radius 2 is 1.46 bits per heavy atom. The second-order valence-corrected chi connectivity index (χ2v) is 7.15. The van der Waals surface area contributed by atoms with Gasteiger partial charge in [-0.05, 0) is 24.3 Å². The first-order chi connectivity index (χ1) is 16.9. The molecule has 0 spiro atoms. The van der Waals surface area contributed by atoms with E-state index in [9.17, 15) is 18.4 Å². The highest BCUT2D eigenvalue weighted by molar-refractivity contribution is 6.08. The van der Waals surface area contributed by atoms with E-state index < -0.39 is 29.1 Å². The number of aromatic nitrogens is 1. The molecule has 2 N–H and O–H groups in total. The van der Waals surface area contributed by atoms with Gasteiger partial charge in [0, 0.05) is 16.8 Å². The topological polar surface area (TPSA) is 98.8 Å². The molecule has 1 aromatic heterocycles. The standard InChI is InChI=1S/C25H19F2N3O5/c1-33-19-10-11-20(16-7-4-3-6-15(16)19)35-24-21(34-2)12-14(13-28-24)29-25(32)30-23(31)22-17(26)8-5-9-18(22)27/h3-13H,1-2H3,(H2,29,30,31,32). The average Bonchev–Trinajstić information content (AvgIpc) is 2.85. The molecule has 0 fully saturated rings. The van der Waals surface area contributed by atoms with Gasteiger partial charge in [0.25, 0.3) is 11.8 Å². The quantitative estimate of drug-likeness (QED) is 0.390. The molecular weight excluding hydrogens is 460 g/mol. The number of benzene rings is 3. The molecule has 0 saturated carbocycles. The number of urea groups is 1. The number of hydrogen-bond acceptors (Lipinski definition) is 6. The number of hydrogen-bond donors (Lipinski definition) is 2. The fourth-order valence-corrected chi connectivity index (χ4v) is 3.38. The number of pyridine rings is 1. The molecule has 0 aliphatic rings. The van der Waals surface area contributed by atoms with Crippen LogP contribution in [0.25, 0.3) is 10.8 Å². The van der Waals surface area contributed by atoms with E-state index in [0.717, 1.165) is 29.0 Å². The van der Waals surface area contributed by atoms with Crippen LogP contribution in [0.4, 0.5) is 19.3 Å². The number of nitrogens with one attached hydrogen (secondary N) is 2. The minimum absolute atomic E-state index is 0.123. The predicted molar refractivity (Wildman–Crippen MR) is 124 cm³/mol. The highest BCUT2D eigenvalue weighted by Gasteiger charge is 2.20. The van der Waals surface area contributed by atoms with Gasteiger partial charge >= 0.3 is 6.03 Å². The van der Waals surface area contributed by atoms with Crippen LogP contribution in [0.1, 0.15) is 10.4 Å². The number of halogens is 2. The Labute approximate surface area is 198 Å². The smallest absolute Gasteiger partial charge is 0.326 e. The van der Waals surface area contributed by atoms with Gasteiger partial charge in [-0.3, -0.25) is 10.1 Å². The van der Waals surface area contributed by atoms with E-state index in [2.05, 4.69) is 10.3 Å². The molecule has 178 valence electrons. The van der Waals surface area contributed by atoms with Crippen molar-refractivity contribution >= 4 is 28.4 Å². The van der Waals surface area contributed by atoms with Gasteiger partial charge in [-0.2, -0.15) is 0 Å². The number of fused-ring (bicyclic) bond motifs is 1. The molecule has 3 aromatic carbocycles. The van der Waals surface area contributed by atoms with Crippen molar-refractivity contribution < 1.29 is 32.6 Å². The molecule has 0 bridgehead atoms. The van der Waals surface area contributed by atoms with Crippen LogP contribution < -0.4 is 24.8 Å². The van der Waals surface area contributed by atoms with Gasteiger partial charge in [0.2, 0.25) is 0 Å². The minimum Gasteiger partial charge on any atom is -0.496 e. The molecule has 1 heterocycles. The Hall–Kier alpha value is -4.73. The Morgan fingerprint density at radius 3 is 2.11 bits per heavy atom. The van der Waals surface area contributed by atoms with Gasteiger partial charge in [0.1, 0.15) is 28.7 Å². The van der Waals surface area contributed by atoms with Crippen molar-refractivity contribution in [3.63, 3.8) is 0 Å². The van der Waals surface area contributed by atoms with Crippen molar-refractivity contribution in [1.29, 1.82) is 0 Å². The maximum atomic E-state index is 13.8. The third-order valence-corrected chi connectivity index (χ3v) is 4.98. The highest BCUT2D eigenvalue weighted by Crippen LogP contribution is 2.38. The molecule has 4 rings (SSSR count). The first-order valence-corrected chi connectivity index (χ1v) is 10.2. The number of amides is 3. The monoisotopic (exact) mass is 479 g/mol. The average molecular weight is 479 g/mol. The van der Waals surface area contributed by atoms with Crippen LogP contribution in [-0.2, 0) is 0 Å². The lowest BCUT2D eigenvalue weighted by Crippen LogP contribution is -2.35. The Kier molecular flexibility index (Phi) is 6.72. The maximum Gasteiger partial charge on any atom is 0.326 e. The summed E-state index contributed by atoms with van der Waals surface area (Å²) in [7, 11) is 2.97. The first-order valence-electron chi connectivity index (χ1n) is 10.2. The zero-order valence-electron chi connectivity index (χ0n) is 18.6. The summed E-state index contributed by atoms with van der Waals surface area (Å²) in [6.07, 6.45) is 1.28. The van der Waals surface area contributed by atoms with Crippen molar-refractivity contribution in [3.8, 4) is 23.1 Å². The van der Waals surface area contributed by atoms with E-state index in [1.165, 1.54) is 19.4 Å². The summed E-state index contributed by atoms with van der Waals surface area (Å²) < 4.78 is 44.2. The second kappa shape index (κ2) is 10.0. The summed E-state index contributed by atoms with van der Waals surface area (Å²) in [5.74, 6) is -1.92. The summed E-state index contributed by atoms with van der Waals surface area (Å²) >= 11 is 0. The Balaban J connectivity index is 1.52. The molecule has 0 saturated heterocycles. The molecule has 4 aromatic rings. The van der Waals surface area contributed by atoms with Crippen LogP contribution in [-0.4, -0.2) is 31.1 Å². The molecule has 0 unspecified atom stereocenters. The summed E-state index contributed by atoms with van der Waals surface area (Å²) in [4.78, 5) is 28.5.